The van der Waals surface area contributed by atoms with Crippen LogP contribution >= 0.6 is 11.3 Å². The number of thiazole rings is 1. The van der Waals surface area contributed by atoms with E-state index in [1.807, 2.05) is 29.6 Å². The van der Waals surface area contributed by atoms with Crippen LogP contribution in [0.3, 0.4) is 0 Å². The molecule has 1 amide bonds. The van der Waals surface area contributed by atoms with Gasteiger partial charge in [-0.1, -0.05) is 12.1 Å². The number of carbonyl (C=O) groups is 1. The molecule has 0 unspecified atom stereocenters. The number of carbonyl (C=O) groups excluding carboxylic acids is 1. The highest BCUT2D eigenvalue weighted by atomic mass is 32.2. The molecule has 0 aliphatic carbocycles. The number of amides is 1. The van der Waals surface area contributed by atoms with Crippen LogP contribution in [0.15, 0.2) is 29.6 Å². The van der Waals surface area contributed by atoms with Crippen LogP contribution in [0.5, 0.6) is 0 Å². The fraction of sp³-hybridized carbons (Fsp3) is 0.286. The van der Waals surface area contributed by atoms with Crippen molar-refractivity contribution in [2.24, 2.45) is 0 Å². The van der Waals surface area contributed by atoms with E-state index in [0.717, 1.165) is 28.2 Å². The van der Waals surface area contributed by atoms with Gasteiger partial charge >= 0.3 is 0 Å². The smallest absolute Gasteiger partial charge is 0.221 e. The molecule has 0 radical (unpaired) electrons. The topological polar surface area (TPSA) is 88.2 Å². The van der Waals surface area contributed by atoms with Gasteiger partial charge in [0.25, 0.3) is 0 Å². The summed E-state index contributed by atoms with van der Waals surface area (Å²) in [7, 11) is -3.16. The van der Waals surface area contributed by atoms with E-state index in [1.54, 1.807) is 0 Å². The highest BCUT2D eigenvalue weighted by Gasteiger charge is 2.06. The van der Waals surface area contributed by atoms with Crippen LogP contribution in [-0.2, 0) is 21.2 Å². The van der Waals surface area contributed by atoms with E-state index in [2.05, 4.69) is 15.0 Å². The monoisotopic (exact) mass is 339 g/mol. The average molecular weight is 339 g/mol. The maximum atomic E-state index is 11.0. The van der Waals surface area contributed by atoms with Gasteiger partial charge in [0, 0.05) is 36.5 Å². The molecule has 0 bridgehead atoms. The number of nitrogens with zero attached hydrogens (tertiary/aromatic N) is 1. The fourth-order valence-electron chi connectivity index (χ4n) is 1.83. The Balaban J connectivity index is 2.00. The summed E-state index contributed by atoms with van der Waals surface area (Å²) in [4.78, 5) is 15.5. The summed E-state index contributed by atoms with van der Waals surface area (Å²) in [6.07, 6.45) is 1.69. The largest absolute Gasteiger partial charge is 0.326 e. The fourth-order valence-corrected chi connectivity index (χ4v) is 3.11. The van der Waals surface area contributed by atoms with Crippen molar-refractivity contribution < 1.29 is 13.2 Å². The molecule has 0 aliphatic rings. The van der Waals surface area contributed by atoms with Crippen LogP contribution in [0.2, 0.25) is 0 Å². The summed E-state index contributed by atoms with van der Waals surface area (Å²) in [6.45, 7) is 1.80. The molecule has 1 aromatic heterocycles. The molecule has 0 spiro atoms. The van der Waals surface area contributed by atoms with Crippen molar-refractivity contribution in [1.82, 2.24) is 9.71 Å². The third-order valence-electron chi connectivity index (χ3n) is 2.76. The first-order valence-corrected chi connectivity index (χ1v) is 9.38. The van der Waals surface area contributed by atoms with Crippen LogP contribution in [0, 0.1) is 0 Å². The quantitative estimate of drug-likeness (QED) is 0.841. The normalized spacial score (nSPS) is 11.4. The lowest BCUT2D eigenvalue weighted by Gasteiger charge is -2.02. The second-order valence-electron chi connectivity index (χ2n) is 4.80. The third kappa shape index (κ3) is 5.21. The number of anilines is 1. The van der Waals surface area contributed by atoms with E-state index < -0.39 is 10.0 Å². The molecular weight excluding hydrogens is 322 g/mol. The minimum atomic E-state index is -3.16. The summed E-state index contributed by atoms with van der Waals surface area (Å²) < 4.78 is 24.4. The van der Waals surface area contributed by atoms with E-state index in [0.29, 0.717) is 13.0 Å². The van der Waals surface area contributed by atoms with E-state index in [4.69, 9.17) is 0 Å². The summed E-state index contributed by atoms with van der Waals surface area (Å²) in [5.41, 5.74) is 2.53. The van der Waals surface area contributed by atoms with Crippen molar-refractivity contribution in [2.45, 2.75) is 13.3 Å². The summed E-state index contributed by atoms with van der Waals surface area (Å²) in [5, 5.41) is 5.51. The lowest BCUT2D eigenvalue weighted by atomic mass is 10.1. The molecule has 1 heterocycles. The molecule has 0 atom stereocenters. The van der Waals surface area contributed by atoms with Gasteiger partial charge in [0.15, 0.2) is 0 Å². The second kappa shape index (κ2) is 6.99. The minimum absolute atomic E-state index is 0.109. The molecule has 8 heteroatoms. The number of nitrogens with one attached hydrogen (secondary N) is 2. The molecule has 0 fully saturated rings. The van der Waals surface area contributed by atoms with E-state index >= 15 is 0 Å². The van der Waals surface area contributed by atoms with Crippen LogP contribution in [0.25, 0.3) is 11.3 Å². The summed E-state index contributed by atoms with van der Waals surface area (Å²) in [5.74, 6) is -0.109. The van der Waals surface area contributed by atoms with Crippen molar-refractivity contribution in [1.29, 1.82) is 0 Å². The van der Waals surface area contributed by atoms with Crippen molar-refractivity contribution in [2.75, 3.05) is 18.1 Å². The highest BCUT2D eigenvalue weighted by molar-refractivity contribution is 7.88. The van der Waals surface area contributed by atoms with Crippen LogP contribution < -0.4 is 10.0 Å². The maximum Gasteiger partial charge on any atom is 0.221 e. The Kier molecular flexibility index (Phi) is 5.28. The molecule has 2 aromatic rings. The summed E-state index contributed by atoms with van der Waals surface area (Å²) >= 11 is 1.49. The van der Waals surface area contributed by atoms with Gasteiger partial charge in [-0.3, -0.25) is 4.79 Å². The number of aromatic nitrogens is 1. The van der Waals surface area contributed by atoms with Gasteiger partial charge < -0.3 is 5.32 Å². The zero-order valence-corrected chi connectivity index (χ0v) is 13.9. The predicted molar refractivity (Wildman–Crippen MR) is 88.4 cm³/mol. The maximum absolute atomic E-state index is 11.0. The zero-order chi connectivity index (χ0) is 16.2. The number of hydrogen-bond donors (Lipinski definition) is 2. The lowest BCUT2D eigenvalue weighted by Crippen LogP contribution is -2.24. The van der Waals surface area contributed by atoms with Gasteiger partial charge in [0.1, 0.15) is 0 Å². The van der Waals surface area contributed by atoms with Gasteiger partial charge in [0.2, 0.25) is 15.9 Å². The molecule has 22 heavy (non-hydrogen) atoms. The molecular formula is C14H17N3O3S2. The van der Waals surface area contributed by atoms with E-state index in [1.165, 1.54) is 18.3 Å². The van der Waals surface area contributed by atoms with Gasteiger partial charge in [-0.25, -0.2) is 18.1 Å². The second-order valence-corrected chi connectivity index (χ2v) is 7.58. The van der Waals surface area contributed by atoms with E-state index in [-0.39, 0.29) is 5.91 Å². The van der Waals surface area contributed by atoms with Gasteiger partial charge in [0.05, 0.1) is 17.0 Å². The molecule has 6 nitrogen and oxygen atoms in total. The Bertz CT molecular complexity index is 752. The molecule has 0 aliphatic heterocycles. The van der Waals surface area contributed by atoms with E-state index in [9.17, 15) is 13.2 Å². The number of rotatable bonds is 6. The zero-order valence-electron chi connectivity index (χ0n) is 12.3. The Morgan fingerprint density at radius 2 is 1.95 bits per heavy atom. The standard InChI is InChI=1S/C14H17N3O3S2/c1-10(18)16-12-5-3-11(4-6-12)13-9-21-14(17-13)7-8-15-22(2,19)20/h3-6,9,15H,7-8H2,1-2H3,(H,16,18). The van der Waals surface area contributed by atoms with Crippen LogP contribution in [0.1, 0.15) is 11.9 Å². The van der Waals surface area contributed by atoms with Crippen molar-refractivity contribution >= 4 is 33.0 Å². The molecule has 2 N–H and O–H groups in total. The molecule has 0 saturated heterocycles. The first kappa shape index (κ1) is 16.6. The highest BCUT2D eigenvalue weighted by Crippen LogP contribution is 2.23. The predicted octanol–water partition coefficient (Wildman–Crippen LogP) is 1.86. The minimum Gasteiger partial charge on any atom is -0.326 e. The Morgan fingerprint density at radius 1 is 1.27 bits per heavy atom. The SMILES string of the molecule is CC(=O)Nc1ccc(-c2csc(CCNS(C)(=O)=O)n2)cc1. The first-order chi connectivity index (χ1) is 10.3. The van der Waals surface area contributed by atoms with Gasteiger partial charge in [-0.2, -0.15) is 0 Å². The van der Waals surface area contributed by atoms with Crippen molar-refractivity contribution in [3.8, 4) is 11.3 Å². The van der Waals surface area contributed by atoms with Gasteiger partial charge in [-0.05, 0) is 12.1 Å². The lowest BCUT2D eigenvalue weighted by molar-refractivity contribution is -0.114. The summed E-state index contributed by atoms with van der Waals surface area (Å²) in [6, 6.07) is 7.42. The number of hydrogen-bond acceptors (Lipinski definition) is 5. The first-order valence-electron chi connectivity index (χ1n) is 6.60. The van der Waals surface area contributed by atoms with Crippen LogP contribution in [0.4, 0.5) is 5.69 Å². The Morgan fingerprint density at radius 3 is 2.55 bits per heavy atom. The van der Waals surface area contributed by atoms with Gasteiger partial charge in [-0.15, -0.1) is 11.3 Å². The molecule has 1 aromatic carbocycles. The van der Waals surface area contributed by atoms with Crippen molar-refractivity contribution in [3.63, 3.8) is 0 Å². The average Bonchev–Trinajstić information content (AvgIpc) is 2.86. The molecule has 118 valence electrons. The molecule has 0 saturated carbocycles. The number of sulfonamides is 1. The number of benzene rings is 1. The Labute approximate surface area is 133 Å². The van der Waals surface area contributed by atoms with Crippen LogP contribution in [-0.4, -0.2) is 32.1 Å². The molecule has 2 rings (SSSR count). The third-order valence-corrected chi connectivity index (χ3v) is 4.39. The Hall–Kier alpha value is -1.77. The van der Waals surface area contributed by atoms with Crippen molar-refractivity contribution in [3.05, 3.63) is 34.7 Å².